The standard InChI is InChI=1S/C15H22FN3O/c1-2-19-7-5-11(6-8-19)10-18-15(20)12-3-4-13(16)14(17)9-12/h3-4,9,11H,2,5-8,10,17H2,1H3,(H,18,20). The lowest BCUT2D eigenvalue weighted by Crippen LogP contribution is -2.38. The van der Waals surface area contributed by atoms with Gasteiger partial charge in [-0.05, 0) is 56.6 Å². The van der Waals surface area contributed by atoms with Gasteiger partial charge in [-0.1, -0.05) is 6.92 Å². The Morgan fingerprint density at radius 2 is 2.15 bits per heavy atom. The third-order valence-corrected chi connectivity index (χ3v) is 3.96. The number of likely N-dealkylation sites (tertiary alicyclic amines) is 1. The first-order chi connectivity index (χ1) is 9.60. The highest BCUT2D eigenvalue weighted by Crippen LogP contribution is 2.16. The molecule has 0 spiro atoms. The van der Waals surface area contributed by atoms with Crippen LogP contribution >= 0.6 is 0 Å². The number of nitrogens with zero attached hydrogens (tertiary/aromatic N) is 1. The van der Waals surface area contributed by atoms with Gasteiger partial charge in [0.2, 0.25) is 0 Å². The zero-order valence-electron chi connectivity index (χ0n) is 11.9. The van der Waals surface area contributed by atoms with E-state index >= 15 is 0 Å². The number of halogens is 1. The molecule has 0 unspecified atom stereocenters. The largest absolute Gasteiger partial charge is 0.396 e. The lowest BCUT2D eigenvalue weighted by Gasteiger charge is -2.31. The molecular formula is C15H22FN3O. The number of nitrogens with one attached hydrogen (secondary N) is 1. The first-order valence-electron chi connectivity index (χ1n) is 7.15. The molecule has 1 aromatic rings. The molecule has 0 radical (unpaired) electrons. The van der Waals surface area contributed by atoms with Crippen molar-refractivity contribution < 1.29 is 9.18 Å². The van der Waals surface area contributed by atoms with E-state index in [9.17, 15) is 9.18 Å². The Labute approximate surface area is 119 Å². The summed E-state index contributed by atoms with van der Waals surface area (Å²) < 4.78 is 13.0. The molecule has 1 heterocycles. The number of nitrogen functional groups attached to an aromatic ring is 1. The molecule has 4 nitrogen and oxygen atoms in total. The molecular weight excluding hydrogens is 257 g/mol. The van der Waals surface area contributed by atoms with Gasteiger partial charge in [0.1, 0.15) is 5.82 Å². The van der Waals surface area contributed by atoms with Crippen LogP contribution in [0.15, 0.2) is 18.2 Å². The van der Waals surface area contributed by atoms with Gasteiger partial charge in [0.05, 0.1) is 5.69 Å². The molecule has 0 saturated carbocycles. The van der Waals surface area contributed by atoms with E-state index in [0.717, 1.165) is 32.5 Å². The van der Waals surface area contributed by atoms with Crippen LogP contribution in [0.4, 0.5) is 10.1 Å². The Morgan fingerprint density at radius 1 is 1.45 bits per heavy atom. The second kappa shape index (κ2) is 6.70. The molecule has 2 rings (SSSR count). The summed E-state index contributed by atoms with van der Waals surface area (Å²) in [5, 5.41) is 2.91. The van der Waals surface area contributed by atoms with E-state index < -0.39 is 5.82 Å². The van der Waals surface area contributed by atoms with Crippen LogP contribution in [0.25, 0.3) is 0 Å². The van der Waals surface area contributed by atoms with Crippen LogP contribution in [-0.2, 0) is 0 Å². The predicted molar refractivity (Wildman–Crippen MR) is 78.0 cm³/mol. The van der Waals surface area contributed by atoms with Gasteiger partial charge in [0.15, 0.2) is 0 Å². The molecule has 1 amide bonds. The quantitative estimate of drug-likeness (QED) is 0.827. The Hall–Kier alpha value is -1.62. The summed E-state index contributed by atoms with van der Waals surface area (Å²) in [6.07, 6.45) is 2.22. The average Bonchev–Trinajstić information content (AvgIpc) is 2.48. The fourth-order valence-electron chi connectivity index (χ4n) is 2.53. The van der Waals surface area contributed by atoms with Crippen molar-refractivity contribution in [3.05, 3.63) is 29.6 Å². The summed E-state index contributed by atoms with van der Waals surface area (Å²) in [6.45, 7) is 6.13. The van der Waals surface area contributed by atoms with Gasteiger partial charge in [-0.25, -0.2) is 4.39 Å². The Balaban J connectivity index is 1.82. The van der Waals surface area contributed by atoms with Gasteiger partial charge in [0.25, 0.3) is 5.91 Å². The highest BCUT2D eigenvalue weighted by atomic mass is 19.1. The molecule has 1 aromatic carbocycles. The van der Waals surface area contributed by atoms with Crippen LogP contribution in [0.1, 0.15) is 30.1 Å². The third-order valence-electron chi connectivity index (χ3n) is 3.96. The Bertz CT molecular complexity index is 470. The Morgan fingerprint density at radius 3 is 2.75 bits per heavy atom. The van der Waals surface area contributed by atoms with Crippen molar-refractivity contribution in [3.63, 3.8) is 0 Å². The monoisotopic (exact) mass is 279 g/mol. The van der Waals surface area contributed by atoms with Crippen LogP contribution in [0.3, 0.4) is 0 Å². The van der Waals surface area contributed by atoms with Gasteiger partial charge in [-0.3, -0.25) is 4.79 Å². The van der Waals surface area contributed by atoms with E-state index in [1.807, 2.05) is 0 Å². The van der Waals surface area contributed by atoms with E-state index in [4.69, 9.17) is 5.73 Å². The molecule has 1 saturated heterocycles. The van der Waals surface area contributed by atoms with E-state index in [-0.39, 0.29) is 11.6 Å². The molecule has 0 bridgehead atoms. The number of rotatable bonds is 4. The topological polar surface area (TPSA) is 58.4 Å². The summed E-state index contributed by atoms with van der Waals surface area (Å²) in [5.74, 6) is -0.150. The zero-order chi connectivity index (χ0) is 14.5. The van der Waals surface area contributed by atoms with Crippen LogP contribution < -0.4 is 11.1 Å². The fourth-order valence-corrected chi connectivity index (χ4v) is 2.53. The SMILES string of the molecule is CCN1CCC(CNC(=O)c2ccc(F)c(N)c2)CC1. The molecule has 1 aliphatic heterocycles. The van der Waals surface area contributed by atoms with E-state index in [1.54, 1.807) is 0 Å². The van der Waals surface area contributed by atoms with Crippen molar-refractivity contribution in [1.29, 1.82) is 0 Å². The van der Waals surface area contributed by atoms with Crippen LogP contribution in [0.5, 0.6) is 0 Å². The molecule has 3 N–H and O–H groups in total. The van der Waals surface area contributed by atoms with Crippen molar-refractivity contribution in [2.45, 2.75) is 19.8 Å². The maximum atomic E-state index is 13.0. The van der Waals surface area contributed by atoms with Crippen molar-refractivity contribution in [2.24, 2.45) is 5.92 Å². The lowest BCUT2D eigenvalue weighted by atomic mass is 9.96. The fraction of sp³-hybridized carbons (Fsp3) is 0.533. The highest BCUT2D eigenvalue weighted by molar-refractivity contribution is 5.95. The van der Waals surface area contributed by atoms with E-state index in [0.29, 0.717) is 18.0 Å². The Kier molecular flexibility index (Phi) is 4.95. The number of carbonyl (C=O) groups excluding carboxylic acids is 1. The molecule has 5 heteroatoms. The number of nitrogens with two attached hydrogens (primary N) is 1. The van der Waals surface area contributed by atoms with Crippen LogP contribution in [-0.4, -0.2) is 37.0 Å². The van der Waals surface area contributed by atoms with Gasteiger partial charge in [-0.2, -0.15) is 0 Å². The maximum absolute atomic E-state index is 13.0. The van der Waals surface area contributed by atoms with Crippen molar-refractivity contribution in [1.82, 2.24) is 10.2 Å². The molecule has 20 heavy (non-hydrogen) atoms. The summed E-state index contributed by atoms with van der Waals surface area (Å²) in [5.41, 5.74) is 5.89. The van der Waals surface area contributed by atoms with Gasteiger partial charge < -0.3 is 16.0 Å². The molecule has 1 aliphatic rings. The number of hydrogen-bond donors (Lipinski definition) is 2. The van der Waals surface area contributed by atoms with Gasteiger partial charge in [-0.15, -0.1) is 0 Å². The normalized spacial score (nSPS) is 17.1. The molecule has 0 atom stereocenters. The van der Waals surface area contributed by atoms with Crippen molar-refractivity contribution in [2.75, 3.05) is 31.9 Å². The summed E-state index contributed by atoms with van der Waals surface area (Å²) in [4.78, 5) is 14.4. The first kappa shape index (κ1) is 14.8. The lowest BCUT2D eigenvalue weighted by molar-refractivity contribution is 0.0937. The second-order valence-electron chi connectivity index (χ2n) is 5.32. The predicted octanol–water partition coefficient (Wildman–Crippen LogP) is 1.87. The minimum absolute atomic E-state index is 0.00824. The van der Waals surface area contributed by atoms with Crippen LogP contribution in [0, 0.1) is 11.7 Å². The molecule has 110 valence electrons. The number of carbonyl (C=O) groups is 1. The minimum atomic E-state index is -0.492. The molecule has 1 fully saturated rings. The first-order valence-corrected chi connectivity index (χ1v) is 7.15. The number of anilines is 1. The summed E-state index contributed by atoms with van der Waals surface area (Å²) in [7, 11) is 0. The number of hydrogen-bond acceptors (Lipinski definition) is 3. The summed E-state index contributed by atoms with van der Waals surface area (Å²) >= 11 is 0. The van der Waals surface area contributed by atoms with E-state index in [2.05, 4.69) is 17.1 Å². The molecule has 0 aliphatic carbocycles. The third kappa shape index (κ3) is 3.70. The smallest absolute Gasteiger partial charge is 0.251 e. The maximum Gasteiger partial charge on any atom is 0.251 e. The molecule has 0 aromatic heterocycles. The van der Waals surface area contributed by atoms with Crippen molar-refractivity contribution >= 4 is 11.6 Å². The number of benzene rings is 1. The highest BCUT2D eigenvalue weighted by Gasteiger charge is 2.18. The van der Waals surface area contributed by atoms with E-state index in [1.165, 1.54) is 18.2 Å². The van der Waals surface area contributed by atoms with Gasteiger partial charge >= 0.3 is 0 Å². The van der Waals surface area contributed by atoms with Crippen molar-refractivity contribution in [3.8, 4) is 0 Å². The zero-order valence-corrected chi connectivity index (χ0v) is 11.9. The minimum Gasteiger partial charge on any atom is -0.396 e. The average molecular weight is 279 g/mol. The van der Waals surface area contributed by atoms with Crippen LogP contribution in [0.2, 0.25) is 0 Å². The van der Waals surface area contributed by atoms with Gasteiger partial charge in [0, 0.05) is 12.1 Å². The number of piperidine rings is 1. The second-order valence-corrected chi connectivity index (χ2v) is 5.32. The summed E-state index contributed by atoms with van der Waals surface area (Å²) in [6, 6.07) is 4.06. The number of amides is 1.